The second kappa shape index (κ2) is 7.36. The Balaban J connectivity index is 1.53. The summed E-state index contributed by atoms with van der Waals surface area (Å²) in [6, 6.07) is 6.73. The van der Waals surface area contributed by atoms with Crippen LogP contribution in [-0.2, 0) is 10.0 Å². The minimum atomic E-state index is -3.80. The molecule has 1 amide bonds. The van der Waals surface area contributed by atoms with E-state index in [2.05, 4.69) is 19.9 Å². The van der Waals surface area contributed by atoms with Gasteiger partial charge in [0.05, 0.1) is 0 Å². The Kier molecular flexibility index (Phi) is 4.87. The van der Waals surface area contributed by atoms with Gasteiger partial charge in [-0.2, -0.15) is 0 Å². The van der Waals surface area contributed by atoms with E-state index in [1.165, 1.54) is 12.3 Å². The van der Waals surface area contributed by atoms with Crippen molar-refractivity contribution in [2.45, 2.75) is 31.6 Å². The quantitative estimate of drug-likeness (QED) is 0.661. The number of aromatic nitrogens is 3. The SMILES string of the molecule is Cc1ccc(NS(=O)(=O)c2c[nH]c(-c3nnc(C(=O)N4CCCC4)o3)c2)cc1C. The lowest BCUT2D eigenvalue weighted by atomic mass is 10.1. The number of hydrogen-bond donors (Lipinski definition) is 2. The Morgan fingerprint density at radius 1 is 1.14 bits per heavy atom. The van der Waals surface area contributed by atoms with Crippen LogP contribution in [0.5, 0.6) is 0 Å². The number of carbonyl (C=O) groups is 1. The summed E-state index contributed by atoms with van der Waals surface area (Å²) in [5, 5.41) is 7.67. The minimum absolute atomic E-state index is 0.0244. The monoisotopic (exact) mass is 415 g/mol. The van der Waals surface area contributed by atoms with Crippen molar-refractivity contribution < 1.29 is 17.6 Å². The molecule has 2 N–H and O–H groups in total. The Bertz CT molecular complexity index is 1160. The third kappa shape index (κ3) is 3.88. The molecule has 3 aromatic rings. The van der Waals surface area contributed by atoms with Gasteiger partial charge in [-0.1, -0.05) is 6.07 Å². The van der Waals surface area contributed by atoms with Crippen LogP contribution < -0.4 is 4.72 Å². The smallest absolute Gasteiger partial charge is 0.311 e. The lowest BCUT2D eigenvalue weighted by Crippen LogP contribution is -2.27. The number of aryl methyl sites for hydroxylation is 2. The molecular formula is C19H21N5O4S. The standard InChI is InChI=1S/C19H21N5O4S/c1-12-5-6-14(9-13(12)2)23-29(26,27)15-10-16(20-11-15)17-21-22-18(28-17)19(25)24-7-3-4-8-24/h5-6,9-11,20,23H,3-4,7-8H2,1-2H3. The molecule has 0 unspecified atom stereocenters. The van der Waals surface area contributed by atoms with Gasteiger partial charge in [0.1, 0.15) is 10.6 Å². The normalized spacial score (nSPS) is 14.3. The maximum absolute atomic E-state index is 12.7. The summed E-state index contributed by atoms with van der Waals surface area (Å²) in [5.41, 5.74) is 2.86. The van der Waals surface area contributed by atoms with Gasteiger partial charge in [0.2, 0.25) is 0 Å². The maximum Gasteiger partial charge on any atom is 0.311 e. The molecule has 1 aromatic carbocycles. The molecule has 1 fully saturated rings. The van der Waals surface area contributed by atoms with Gasteiger partial charge < -0.3 is 14.3 Å². The maximum atomic E-state index is 12.7. The van der Waals surface area contributed by atoms with Crippen LogP contribution in [-0.4, -0.2) is 47.5 Å². The summed E-state index contributed by atoms with van der Waals surface area (Å²) in [5.74, 6) is -0.355. The van der Waals surface area contributed by atoms with Crippen LogP contribution in [0.15, 0.2) is 39.8 Å². The number of hydrogen-bond acceptors (Lipinski definition) is 6. The molecule has 0 radical (unpaired) electrons. The van der Waals surface area contributed by atoms with Crippen molar-refractivity contribution in [2.24, 2.45) is 0 Å². The van der Waals surface area contributed by atoms with Crippen molar-refractivity contribution in [2.75, 3.05) is 17.8 Å². The number of sulfonamides is 1. The predicted octanol–water partition coefficient (Wildman–Crippen LogP) is 2.72. The number of nitrogens with one attached hydrogen (secondary N) is 2. The number of carbonyl (C=O) groups excluding carboxylic acids is 1. The van der Waals surface area contributed by atoms with Gasteiger partial charge in [-0.15, -0.1) is 10.2 Å². The topological polar surface area (TPSA) is 121 Å². The molecule has 0 aliphatic carbocycles. The third-order valence-electron chi connectivity index (χ3n) is 4.96. The molecule has 0 spiro atoms. The number of H-pyrrole nitrogens is 1. The second-order valence-electron chi connectivity index (χ2n) is 7.07. The fraction of sp³-hybridized carbons (Fsp3) is 0.316. The third-order valence-corrected chi connectivity index (χ3v) is 6.32. The zero-order valence-electron chi connectivity index (χ0n) is 16.1. The van der Waals surface area contributed by atoms with Gasteiger partial charge in [-0.3, -0.25) is 9.52 Å². The summed E-state index contributed by atoms with van der Waals surface area (Å²) in [4.78, 5) is 16.8. The predicted molar refractivity (Wildman–Crippen MR) is 106 cm³/mol. The van der Waals surface area contributed by atoms with E-state index < -0.39 is 10.0 Å². The van der Waals surface area contributed by atoms with Gasteiger partial charge >= 0.3 is 11.8 Å². The highest BCUT2D eigenvalue weighted by Gasteiger charge is 2.26. The first-order valence-corrected chi connectivity index (χ1v) is 10.7. The zero-order chi connectivity index (χ0) is 20.6. The second-order valence-corrected chi connectivity index (χ2v) is 8.75. The lowest BCUT2D eigenvalue weighted by molar-refractivity contribution is 0.0754. The van der Waals surface area contributed by atoms with Gasteiger partial charge in [-0.25, -0.2) is 8.42 Å². The average Bonchev–Trinajstić information content (AvgIpc) is 3.44. The van der Waals surface area contributed by atoms with Gasteiger partial charge in [0.25, 0.3) is 15.9 Å². The molecule has 1 aliphatic heterocycles. The molecule has 1 aliphatic rings. The van der Waals surface area contributed by atoms with Crippen LogP contribution in [0.3, 0.4) is 0 Å². The summed E-state index contributed by atoms with van der Waals surface area (Å²) in [6.45, 7) is 5.22. The van der Waals surface area contributed by atoms with Crippen molar-refractivity contribution in [1.29, 1.82) is 0 Å². The first-order valence-electron chi connectivity index (χ1n) is 9.25. The highest BCUT2D eigenvalue weighted by Crippen LogP contribution is 2.24. The lowest BCUT2D eigenvalue weighted by Gasteiger charge is -2.11. The zero-order valence-corrected chi connectivity index (χ0v) is 16.9. The highest BCUT2D eigenvalue weighted by atomic mass is 32.2. The van der Waals surface area contributed by atoms with E-state index in [-0.39, 0.29) is 22.6 Å². The van der Waals surface area contributed by atoms with Gasteiger partial charge in [0, 0.05) is 25.0 Å². The van der Waals surface area contributed by atoms with Crippen LogP contribution >= 0.6 is 0 Å². The van der Waals surface area contributed by atoms with E-state index in [4.69, 9.17) is 4.42 Å². The molecule has 2 aromatic heterocycles. The minimum Gasteiger partial charge on any atom is -0.411 e. The summed E-state index contributed by atoms with van der Waals surface area (Å²) >= 11 is 0. The average molecular weight is 415 g/mol. The first-order chi connectivity index (χ1) is 13.8. The largest absolute Gasteiger partial charge is 0.411 e. The molecule has 0 saturated carbocycles. The van der Waals surface area contributed by atoms with Crippen LogP contribution in [0, 0.1) is 13.8 Å². The number of anilines is 1. The fourth-order valence-electron chi connectivity index (χ4n) is 3.15. The van der Waals surface area contributed by atoms with Crippen LogP contribution in [0.25, 0.3) is 11.6 Å². The van der Waals surface area contributed by atoms with Crippen molar-refractivity contribution in [3.63, 3.8) is 0 Å². The Hall–Kier alpha value is -3.14. The Labute approximate surface area is 168 Å². The summed E-state index contributed by atoms with van der Waals surface area (Å²) < 4.78 is 33.4. The first kappa shape index (κ1) is 19.2. The number of rotatable bonds is 5. The summed E-state index contributed by atoms with van der Waals surface area (Å²) in [7, 11) is -3.80. The number of aromatic amines is 1. The van der Waals surface area contributed by atoms with Crippen molar-refractivity contribution in [1.82, 2.24) is 20.1 Å². The number of nitrogens with zero attached hydrogens (tertiary/aromatic N) is 3. The molecule has 0 bridgehead atoms. The molecule has 29 heavy (non-hydrogen) atoms. The fourth-order valence-corrected chi connectivity index (χ4v) is 4.19. The van der Waals surface area contributed by atoms with Gasteiger partial charge in [-0.05, 0) is 56.0 Å². The molecular weight excluding hydrogens is 394 g/mol. The van der Waals surface area contributed by atoms with Crippen molar-refractivity contribution in [3.05, 3.63) is 47.5 Å². The molecule has 0 atom stereocenters. The Morgan fingerprint density at radius 3 is 2.62 bits per heavy atom. The molecule has 3 heterocycles. The molecule has 9 nitrogen and oxygen atoms in total. The summed E-state index contributed by atoms with van der Waals surface area (Å²) in [6.07, 6.45) is 3.25. The molecule has 152 valence electrons. The van der Waals surface area contributed by atoms with Crippen LogP contribution in [0.4, 0.5) is 5.69 Å². The molecule has 1 saturated heterocycles. The van der Waals surface area contributed by atoms with Crippen molar-refractivity contribution >= 4 is 21.6 Å². The van der Waals surface area contributed by atoms with E-state index in [9.17, 15) is 13.2 Å². The number of benzene rings is 1. The van der Waals surface area contributed by atoms with E-state index in [0.29, 0.717) is 24.5 Å². The van der Waals surface area contributed by atoms with Crippen molar-refractivity contribution in [3.8, 4) is 11.6 Å². The van der Waals surface area contributed by atoms with Crippen LogP contribution in [0.2, 0.25) is 0 Å². The molecule has 10 heteroatoms. The van der Waals surface area contributed by atoms with E-state index in [0.717, 1.165) is 24.0 Å². The van der Waals surface area contributed by atoms with E-state index >= 15 is 0 Å². The van der Waals surface area contributed by atoms with Crippen LogP contribution in [0.1, 0.15) is 34.7 Å². The number of likely N-dealkylation sites (tertiary alicyclic amines) is 1. The number of amides is 1. The van der Waals surface area contributed by atoms with Gasteiger partial charge in [0.15, 0.2) is 0 Å². The molecule has 4 rings (SSSR count). The van der Waals surface area contributed by atoms with E-state index in [1.807, 2.05) is 19.9 Å². The van der Waals surface area contributed by atoms with E-state index in [1.54, 1.807) is 17.0 Å². The Morgan fingerprint density at radius 2 is 1.90 bits per heavy atom. The highest BCUT2D eigenvalue weighted by molar-refractivity contribution is 7.92.